The Kier molecular flexibility index (Phi) is 5.61. The molecule has 2 aliphatic heterocycles. The number of carbonyl (C=O) groups excluding carboxylic acids is 3. The monoisotopic (exact) mass is 393 g/mol. The van der Waals surface area contributed by atoms with Gasteiger partial charge in [0, 0.05) is 18.7 Å². The Morgan fingerprint density at radius 1 is 1.39 bits per heavy atom. The average molecular weight is 393 g/mol. The number of amides is 3. The number of carbonyl (C=O) groups is 3. The van der Waals surface area contributed by atoms with Crippen molar-refractivity contribution in [2.24, 2.45) is 5.73 Å². The van der Waals surface area contributed by atoms with Crippen molar-refractivity contribution in [3.8, 4) is 0 Å². The number of rotatable bonds is 5. The molecule has 2 heterocycles. The summed E-state index contributed by atoms with van der Waals surface area (Å²) in [5, 5.41) is 18.3. The number of aliphatic hydroxyl groups is 2. The summed E-state index contributed by atoms with van der Waals surface area (Å²) in [5.74, 6) is -1.91. The third-order valence-electron chi connectivity index (χ3n) is 4.72. The summed E-state index contributed by atoms with van der Waals surface area (Å²) in [7, 11) is 0. The Morgan fingerprint density at radius 3 is 2.68 bits per heavy atom. The first-order chi connectivity index (χ1) is 13.3. The van der Waals surface area contributed by atoms with Crippen LogP contribution in [0.3, 0.4) is 0 Å². The fourth-order valence-electron chi connectivity index (χ4n) is 3.16. The third-order valence-corrected chi connectivity index (χ3v) is 4.72. The normalized spacial score (nSPS) is 20.6. The van der Waals surface area contributed by atoms with Gasteiger partial charge in [0.2, 0.25) is 0 Å². The molecule has 0 radical (unpaired) electrons. The van der Waals surface area contributed by atoms with Crippen LogP contribution in [-0.4, -0.2) is 71.5 Å². The zero-order valence-corrected chi connectivity index (χ0v) is 14.9. The lowest BCUT2D eigenvalue weighted by molar-refractivity contribution is -0.141. The van der Waals surface area contributed by atoms with Crippen LogP contribution in [0.15, 0.2) is 24.3 Å². The molecule has 3 amide bonds. The second-order valence-corrected chi connectivity index (χ2v) is 6.51. The van der Waals surface area contributed by atoms with Gasteiger partial charge in [0.25, 0.3) is 11.8 Å². The molecule has 1 aromatic carbocycles. The number of ether oxygens (including phenoxy) is 1. The molecule has 1 aromatic rings. The van der Waals surface area contributed by atoms with E-state index in [1.54, 1.807) is 6.08 Å². The predicted molar refractivity (Wildman–Crippen MR) is 95.5 cm³/mol. The highest BCUT2D eigenvalue weighted by Gasteiger charge is 2.36. The standard InChI is InChI=1S/C18H20FN3O6/c19-13-7-11(22-8-15(16(20)25)28-18(22)27)1-2-12(13)10-3-5-21(6-4-10)17(26)14(24)9-23/h1-3,7,14-15,23-24H,4-6,8-9H2,(H2,20,25)/t14?,15-/m1/s1. The molecule has 0 saturated carbocycles. The number of cyclic esters (lactones) is 1. The van der Waals surface area contributed by atoms with Crippen LogP contribution in [0.25, 0.3) is 5.57 Å². The summed E-state index contributed by atoms with van der Waals surface area (Å²) in [4.78, 5) is 37.4. The molecule has 28 heavy (non-hydrogen) atoms. The van der Waals surface area contributed by atoms with Gasteiger partial charge >= 0.3 is 6.09 Å². The predicted octanol–water partition coefficient (Wildman–Crippen LogP) is -0.395. The molecule has 4 N–H and O–H groups in total. The van der Waals surface area contributed by atoms with E-state index in [1.807, 2.05) is 0 Å². The molecule has 0 bridgehead atoms. The summed E-state index contributed by atoms with van der Waals surface area (Å²) in [6.07, 6.45) is -1.26. The van der Waals surface area contributed by atoms with Crippen LogP contribution < -0.4 is 10.6 Å². The summed E-state index contributed by atoms with van der Waals surface area (Å²) < 4.78 is 19.5. The Hall–Kier alpha value is -2.98. The van der Waals surface area contributed by atoms with Gasteiger partial charge in [-0.3, -0.25) is 14.5 Å². The van der Waals surface area contributed by atoms with Crippen molar-refractivity contribution in [1.82, 2.24) is 4.90 Å². The van der Waals surface area contributed by atoms with Gasteiger partial charge in [0.15, 0.2) is 12.2 Å². The highest BCUT2D eigenvalue weighted by atomic mass is 19.1. The smallest absolute Gasteiger partial charge is 0.415 e. The Bertz CT molecular complexity index is 843. The molecule has 1 saturated heterocycles. The van der Waals surface area contributed by atoms with Crippen LogP contribution in [0.5, 0.6) is 0 Å². The number of primary amides is 1. The number of hydrogen-bond donors (Lipinski definition) is 3. The van der Waals surface area contributed by atoms with Crippen LogP contribution in [0.4, 0.5) is 14.9 Å². The lowest BCUT2D eigenvalue weighted by Gasteiger charge is -2.28. The van der Waals surface area contributed by atoms with E-state index in [-0.39, 0.29) is 25.3 Å². The first-order valence-corrected chi connectivity index (χ1v) is 8.66. The number of aliphatic hydroxyl groups excluding tert-OH is 2. The van der Waals surface area contributed by atoms with Crippen LogP contribution >= 0.6 is 0 Å². The Balaban J connectivity index is 1.73. The number of hydrogen-bond acceptors (Lipinski definition) is 6. The number of nitrogens with zero attached hydrogens (tertiary/aromatic N) is 2. The van der Waals surface area contributed by atoms with Crippen LogP contribution in [0.1, 0.15) is 12.0 Å². The molecule has 3 rings (SSSR count). The van der Waals surface area contributed by atoms with Gasteiger partial charge in [0.05, 0.1) is 18.8 Å². The molecular weight excluding hydrogens is 373 g/mol. The number of nitrogens with two attached hydrogens (primary N) is 1. The minimum Gasteiger partial charge on any atom is -0.434 e. The lowest BCUT2D eigenvalue weighted by Crippen LogP contribution is -2.42. The molecule has 1 unspecified atom stereocenters. The maximum Gasteiger partial charge on any atom is 0.415 e. The second-order valence-electron chi connectivity index (χ2n) is 6.51. The van der Waals surface area contributed by atoms with Gasteiger partial charge in [-0.1, -0.05) is 6.08 Å². The summed E-state index contributed by atoms with van der Waals surface area (Å²) in [6, 6.07) is 4.23. The van der Waals surface area contributed by atoms with E-state index in [0.29, 0.717) is 17.6 Å². The van der Waals surface area contributed by atoms with Gasteiger partial charge in [-0.05, 0) is 30.2 Å². The first-order valence-electron chi connectivity index (χ1n) is 8.66. The van der Waals surface area contributed by atoms with E-state index in [9.17, 15) is 23.9 Å². The Labute approximate surface area is 159 Å². The van der Waals surface area contributed by atoms with Crippen LogP contribution in [0, 0.1) is 5.82 Å². The van der Waals surface area contributed by atoms with Gasteiger partial charge in [-0.15, -0.1) is 0 Å². The maximum atomic E-state index is 14.6. The topological polar surface area (TPSA) is 133 Å². The Morgan fingerprint density at radius 2 is 2.14 bits per heavy atom. The van der Waals surface area contributed by atoms with Crippen molar-refractivity contribution in [2.75, 3.05) is 31.1 Å². The second kappa shape index (κ2) is 7.95. The van der Waals surface area contributed by atoms with Gasteiger partial charge in [0.1, 0.15) is 5.82 Å². The van der Waals surface area contributed by atoms with Gasteiger partial charge in [-0.25, -0.2) is 9.18 Å². The van der Waals surface area contributed by atoms with Crippen molar-refractivity contribution >= 4 is 29.2 Å². The quantitative estimate of drug-likeness (QED) is 0.624. The summed E-state index contributed by atoms with van der Waals surface area (Å²) in [6.45, 7) is -0.274. The van der Waals surface area contributed by atoms with Crippen molar-refractivity contribution in [1.29, 1.82) is 0 Å². The molecule has 2 atom stereocenters. The minimum atomic E-state index is -1.46. The largest absolute Gasteiger partial charge is 0.434 e. The number of halogens is 1. The molecule has 0 aliphatic carbocycles. The molecule has 1 fully saturated rings. The first kappa shape index (κ1) is 19.8. The van der Waals surface area contributed by atoms with Crippen molar-refractivity contribution in [2.45, 2.75) is 18.6 Å². The van der Waals surface area contributed by atoms with Crippen LogP contribution in [-0.2, 0) is 14.3 Å². The van der Waals surface area contributed by atoms with Crippen LogP contribution in [0.2, 0.25) is 0 Å². The fraction of sp³-hybridized carbons (Fsp3) is 0.389. The van der Waals surface area contributed by atoms with E-state index in [0.717, 1.165) is 4.90 Å². The SMILES string of the molecule is NC(=O)[C@H]1CN(c2ccc(C3=CCN(C(=O)C(O)CO)CC3)c(F)c2)C(=O)O1. The molecule has 9 nitrogen and oxygen atoms in total. The molecule has 0 aromatic heterocycles. The van der Waals surface area contributed by atoms with Gasteiger partial charge in [-0.2, -0.15) is 0 Å². The van der Waals surface area contributed by atoms with E-state index in [4.69, 9.17) is 15.6 Å². The minimum absolute atomic E-state index is 0.0834. The van der Waals surface area contributed by atoms with E-state index in [2.05, 4.69) is 0 Å². The zero-order chi connectivity index (χ0) is 20.4. The molecular formula is C18H20FN3O6. The van der Waals surface area contributed by atoms with E-state index < -0.39 is 42.5 Å². The zero-order valence-electron chi connectivity index (χ0n) is 14.9. The third kappa shape index (κ3) is 3.82. The molecule has 2 aliphatic rings. The van der Waals surface area contributed by atoms with Crippen molar-refractivity contribution < 1.29 is 33.7 Å². The highest BCUT2D eigenvalue weighted by Crippen LogP contribution is 2.29. The fourth-order valence-corrected chi connectivity index (χ4v) is 3.16. The number of anilines is 1. The van der Waals surface area contributed by atoms with Crippen molar-refractivity contribution in [3.05, 3.63) is 35.7 Å². The number of benzene rings is 1. The highest BCUT2D eigenvalue weighted by molar-refractivity contribution is 5.95. The van der Waals surface area contributed by atoms with E-state index in [1.165, 1.54) is 23.1 Å². The molecule has 150 valence electrons. The lowest BCUT2D eigenvalue weighted by atomic mass is 9.98. The maximum absolute atomic E-state index is 14.6. The van der Waals surface area contributed by atoms with Crippen molar-refractivity contribution in [3.63, 3.8) is 0 Å². The average Bonchev–Trinajstić information content (AvgIpc) is 3.09. The molecule has 0 spiro atoms. The van der Waals surface area contributed by atoms with Gasteiger partial charge < -0.3 is 25.6 Å². The molecule has 10 heteroatoms. The summed E-state index contributed by atoms with van der Waals surface area (Å²) >= 11 is 0. The van der Waals surface area contributed by atoms with E-state index >= 15 is 0 Å². The summed E-state index contributed by atoms with van der Waals surface area (Å²) in [5.41, 5.74) is 6.39.